The maximum absolute atomic E-state index is 6.42. The van der Waals surface area contributed by atoms with Gasteiger partial charge in [0, 0.05) is 6.04 Å². The Hall–Kier alpha value is -0.180. The van der Waals surface area contributed by atoms with Crippen molar-refractivity contribution in [1.82, 2.24) is 5.32 Å². The van der Waals surface area contributed by atoms with Gasteiger partial charge in [-0.3, -0.25) is 0 Å². The van der Waals surface area contributed by atoms with Crippen LogP contribution in [-0.4, -0.2) is 23.4 Å². The quantitative estimate of drug-likeness (QED) is 0.625. The summed E-state index contributed by atoms with van der Waals surface area (Å²) in [7, 11) is 0. The Morgan fingerprint density at radius 1 is 1.41 bits per heavy atom. The summed E-state index contributed by atoms with van der Waals surface area (Å²) in [5.41, 5.74) is 2.81. The number of fused-ring (bicyclic) bond motifs is 1. The van der Waals surface area contributed by atoms with Crippen LogP contribution in [-0.2, 0) is 6.42 Å². The molecule has 1 aliphatic carbocycles. The van der Waals surface area contributed by atoms with Gasteiger partial charge in [-0.1, -0.05) is 31.2 Å². The first-order valence-electron chi connectivity index (χ1n) is 6.36. The lowest BCUT2D eigenvalue weighted by Gasteiger charge is -2.17. The fraction of sp³-hybridized carbons (Fsp3) is 0.571. The van der Waals surface area contributed by atoms with Crippen LogP contribution in [0.2, 0.25) is 0 Å². The number of alkyl halides is 1. The van der Waals surface area contributed by atoms with Crippen molar-refractivity contribution < 1.29 is 0 Å². The van der Waals surface area contributed by atoms with Crippen molar-refractivity contribution >= 4 is 23.4 Å². The number of hydrogen-bond acceptors (Lipinski definition) is 2. The van der Waals surface area contributed by atoms with E-state index >= 15 is 0 Å². The molecular weight excluding hydrogens is 250 g/mol. The van der Waals surface area contributed by atoms with Gasteiger partial charge in [-0.05, 0) is 42.0 Å². The van der Waals surface area contributed by atoms with E-state index in [0.29, 0.717) is 6.04 Å². The lowest BCUT2D eigenvalue weighted by atomic mass is 10.1. The van der Waals surface area contributed by atoms with Crippen molar-refractivity contribution in [2.45, 2.75) is 31.2 Å². The van der Waals surface area contributed by atoms with Crippen LogP contribution in [0.1, 0.15) is 30.5 Å². The lowest BCUT2D eigenvalue weighted by molar-refractivity contribution is 0.536. The van der Waals surface area contributed by atoms with Crippen molar-refractivity contribution in [3.05, 3.63) is 35.4 Å². The molecule has 0 fully saturated rings. The molecule has 0 saturated carbocycles. The maximum Gasteiger partial charge on any atom is 0.0571 e. The fourth-order valence-electron chi connectivity index (χ4n) is 2.36. The molecule has 1 aliphatic rings. The number of benzene rings is 1. The summed E-state index contributed by atoms with van der Waals surface area (Å²) in [5, 5.41) is 3.82. The van der Waals surface area contributed by atoms with Crippen LogP contribution in [0.15, 0.2) is 24.3 Å². The van der Waals surface area contributed by atoms with E-state index in [1.807, 2.05) is 11.8 Å². The molecule has 3 heteroatoms. The van der Waals surface area contributed by atoms with E-state index in [-0.39, 0.29) is 5.38 Å². The molecule has 0 bridgehead atoms. The van der Waals surface area contributed by atoms with E-state index < -0.39 is 0 Å². The van der Waals surface area contributed by atoms with Crippen molar-refractivity contribution in [2.24, 2.45) is 0 Å². The van der Waals surface area contributed by atoms with E-state index in [1.54, 1.807) is 0 Å². The van der Waals surface area contributed by atoms with Gasteiger partial charge in [0.2, 0.25) is 0 Å². The molecule has 2 rings (SSSR count). The van der Waals surface area contributed by atoms with Crippen LogP contribution in [0.4, 0.5) is 0 Å². The molecule has 94 valence electrons. The fourth-order valence-corrected chi connectivity index (χ4v) is 3.39. The van der Waals surface area contributed by atoms with Gasteiger partial charge >= 0.3 is 0 Å². The highest BCUT2D eigenvalue weighted by Crippen LogP contribution is 2.34. The zero-order valence-electron chi connectivity index (χ0n) is 10.3. The lowest BCUT2D eigenvalue weighted by Crippen LogP contribution is -2.27. The number of thioether (sulfide) groups is 1. The minimum Gasteiger partial charge on any atom is -0.309 e. The van der Waals surface area contributed by atoms with Crippen LogP contribution in [0.5, 0.6) is 0 Å². The zero-order chi connectivity index (χ0) is 12.1. The Balaban J connectivity index is 1.84. The van der Waals surface area contributed by atoms with Crippen molar-refractivity contribution in [3.8, 4) is 0 Å². The van der Waals surface area contributed by atoms with E-state index in [0.717, 1.165) is 13.0 Å². The molecule has 1 nitrogen and oxygen atoms in total. The normalized spacial score (nSPS) is 22.7. The molecule has 1 N–H and O–H groups in total. The topological polar surface area (TPSA) is 12.0 Å². The van der Waals surface area contributed by atoms with Gasteiger partial charge in [0.15, 0.2) is 0 Å². The third kappa shape index (κ3) is 3.40. The Morgan fingerprint density at radius 2 is 2.24 bits per heavy atom. The highest BCUT2D eigenvalue weighted by Gasteiger charge is 2.29. The van der Waals surface area contributed by atoms with Crippen LogP contribution in [0.3, 0.4) is 0 Å². The first-order valence-corrected chi connectivity index (χ1v) is 7.95. The number of nitrogens with one attached hydrogen (secondary N) is 1. The number of rotatable bonds is 6. The van der Waals surface area contributed by atoms with E-state index in [1.165, 1.54) is 29.1 Å². The predicted octanol–water partition coefficient (Wildman–Crippen LogP) is 3.62. The monoisotopic (exact) mass is 269 g/mol. The van der Waals surface area contributed by atoms with Gasteiger partial charge in [-0.2, -0.15) is 11.8 Å². The van der Waals surface area contributed by atoms with Gasteiger partial charge < -0.3 is 5.32 Å². The van der Waals surface area contributed by atoms with E-state index in [9.17, 15) is 0 Å². The molecule has 0 heterocycles. The molecule has 1 aromatic rings. The number of halogens is 1. The third-order valence-corrected chi connectivity index (χ3v) is 4.59. The molecule has 0 spiro atoms. The Morgan fingerprint density at radius 3 is 3.06 bits per heavy atom. The molecule has 0 saturated heterocycles. The summed E-state index contributed by atoms with van der Waals surface area (Å²) >= 11 is 8.42. The van der Waals surface area contributed by atoms with Gasteiger partial charge in [0.25, 0.3) is 0 Å². The molecule has 0 aromatic heterocycles. The molecule has 2 unspecified atom stereocenters. The average Bonchev–Trinajstić information content (AvgIpc) is 2.65. The highest BCUT2D eigenvalue weighted by atomic mass is 35.5. The first-order chi connectivity index (χ1) is 8.33. The largest absolute Gasteiger partial charge is 0.309 e. The molecule has 1 aromatic carbocycles. The molecule has 0 amide bonds. The summed E-state index contributed by atoms with van der Waals surface area (Å²) in [6.07, 6.45) is 2.22. The van der Waals surface area contributed by atoms with Gasteiger partial charge in [0.05, 0.1) is 5.38 Å². The zero-order valence-corrected chi connectivity index (χ0v) is 11.9. The molecule has 17 heavy (non-hydrogen) atoms. The predicted molar refractivity (Wildman–Crippen MR) is 78.1 cm³/mol. The molecule has 0 aliphatic heterocycles. The van der Waals surface area contributed by atoms with Gasteiger partial charge in [-0.25, -0.2) is 0 Å². The van der Waals surface area contributed by atoms with Crippen LogP contribution >= 0.6 is 23.4 Å². The van der Waals surface area contributed by atoms with Gasteiger partial charge in [0.1, 0.15) is 0 Å². The molecule has 0 radical (unpaired) electrons. The summed E-state index contributed by atoms with van der Waals surface area (Å²) < 4.78 is 0. The second-order valence-corrected chi connectivity index (χ2v) is 6.36. The third-order valence-electron chi connectivity index (χ3n) is 3.20. The van der Waals surface area contributed by atoms with Crippen molar-refractivity contribution in [2.75, 3.05) is 18.1 Å². The van der Waals surface area contributed by atoms with Crippen molar-refractivity contribution in [3.63, 3.8) is 0 Å². The Labute approximate surface area is 113 Å². The van der Waals surface area contributed by atoms with Crippen LogP contribution < -0.4 is 5.32 Å². The highest BCUT2D eigenvalue weighted by molar-refractivity contribution is 7.99. The van der Waals surface area contributed by atoms with E-state index in [2.05, 4.69) is 36.5 Å². The van der Waals surface area contributed by atoms with E-state index in [4.69, 9.17) is 11.6 Å². The molecule has 2 atom stereocenters. The average molecular weight is 270 g/mol. The minimum atomic E-state index is 0.214. The maximum atomic E-state index is 6.42. The number of hydrogen-bond donors (Lipinski definition) is 1. The summed E-state index contributed by atoms with van der Waals surface area (Å²) in [6.45, 7) is 3.27. The van der Waals surface area contributed by atoms with Gasteiger partial charge in [-0.15, -0.1) is 11.6 Å². The smallest absolute Gasteiger partial charge is 0.0571 e. The standard InChI is InChI=1S/C14H20ClNS/c1-2-17-9-5-8-16-14-12-7-4-3-6-11(12)10-13(14)15/h3-4,6-7,13-14,16H,2,5,8-10H2,1H3. The SMILES string of the molecule is CCSCCCNC1c2ccccc2CC1Cl. The van der Waals surface area contributed by atoms with Crippen LogP contribution in [0, 0.1) is 0 Å². The first kappa shape index (κ1) is 13.3. The van der Waals surface area contributed by atoms with Crippen molar-refractivity contribution in [1.29, 1.82) is 0 Å². The Bertz CT molecular complexity index is 356. The summed E-state index contributed by atoms with van der Waals surface area (Å²) in [4.78, 5) is 0. The second kappa shape index (κ2) is 6.67. The van der Waals surface area contributed by atoms with Crippen LogP contribution in [0.25, 0.3) is 0 Å². The minimum absolute atomic E-state index is 0.214. The molecular formula is C14H20ClNS. The summed E-state index contributed by atoms with van der Waals surface area (Å²) in [5.74, 6) is 2.45. The second-order valence-electron chi connectivity index (χ2n) is 4.40. The Kier molecular flexibility index (Phi) is 5.20. The summed E-state index contributed by atoms with van der Waals surface area (Å²) in [6, 6.07) is 8.95.